The molecule has 0 aliphatic carbocycles. The fourth-order valence-electron chi connectivity index (χ4n) is 1.97. The molecule has 0 radical (unpaired) electrons. The molecule has 1 atom stereocenters. The number of hydrogen-bond acceptors (Lipinski definition) is 3. The fourth-order valence-corrected chi connectivity index (χ4v) is 1.97. The number of alkyl halides is 3. The molecule has 16 heavy (non-hydrogen) atoms. The van der Waals surface area contributed by atoms with E-state index in [2.05, 4.69) is 0 Å². The third-order valence-electron chi connectivity index (χ3n) is 2.72. The van der Waals surface area contributed by atoms with Crippen molar-refractivity contribution in [3.05, 3.63) is 0 Å². The average Bonchev–Trinajstić information content (AvgIpc) is 2.17. The number of halogens is 3. The Balaban J connectivity index is 2.36. The summed E-state index contributed by atoms with van der Waals surface area (Å²) < 4.78 is 42.1. The Hall–Kier alpha value is -0.330. The number of ether oxygens (including phenoxy) is 1. The molecule has 0 bridgehead atoms. The molecular weight excluding hydrogens is 221 g/mol. The summed E-state index contributed by atoms with van der Waals surface area (Å²) in [5.41, 5.74) is 5.34. The molecular formula is C10H19F3N2O. The Morgan fingerprint density at radius 1 is 1.25 bits per heavy atom. The van der Waals surface area contributed by atoms with Crippen LogP contribution < -0.4 is 5.73 Å². The summed E-state index contributed by atoms with van der Waals surface area (Å²) in [6.07, 6.45) is -4.40. The molecule has 0 amide bonds. The lowest BCUT2D eigenvalue weighted by Crippen LogP contribution is -2.40. The molecule has 0 saturated carbocycles. The van der Waals surface area contributed by atoms with Crippen LogP contribution in [0, 0.1) is 5.92 Å². The lowest BCUT2D eigenvalue weighted by molar-refractivity contribution is -0.146. The highest BCUT2D eigenvalue weighted by atomic mass is 19.4. The van der Waals surface area contributed by atoms with Crippen LogP contribution in [0.5, 0.6) is 0 Å². The van der Waals surface area contributed by atoms with Crippen LogP contribution in [0.2, 0.25) is 0 Å². The predicted molar refractivity (Wildman–Crippen MR) is 55.1 cm³/mol. The first kappa shape index (κ1) is 13.7. The van der Waals surface area contributed by atoms with Gasteiger partial charge in [-0.2, -0.15) is 13.2 Å². The van der Waals surface area contributed by atoms with Crippen molar-refractivity contribution in [2.24, 2.45) is 11.7 Å². The van der Waals surface area contributed by atoms with E-state index in [1.807, 2.05) is 4.90 Å². The van der Waals surface area contributed by atoms with E-state index in [-0.39, 0.29) is 5.92 Å². The van der Waals surface area contributed by atoms with Crippen molar-refractivity contribution in [2.45, 2.75) is 19.0 Å². The highest BCUT2D eigenvalue weighted by Crippen LogP contribution is 2.27. The molecule has 1 fully saturated rings. The van der Waals surface area contributed by atoms with Crippen molar-refractivity contribution in [2.75, 3.05) is 39.4 Å². The molecule has 1 unspecified atom stereocenters. The van der Waals surface area contributed by atoms with Crippen LogP contribution in [-0.4, -0.2) is 50.5 Å². The SMILES string of the molecule is NCCC(CN1CCOCC1)CC(F)(F)F. The maximum absolute atomic E-state index is 12.3. The van der Waals surface area contributed by atoms with E-state index >= 15 is 0 Å². The lowest BCUT2D eigenvalue weighted by Gasteiger charge is -2.30. The highest BCUT2D eigenvalue weighted by molar-refractivity contribution is 4.71. The number of rotatable bonds is 5. The molecule has 0 aromatic rings. The molecule has 96 valence electrons. The van der Waals surface area contributed by atoms with Gasteiger partial charge >= 0.3 is 6.18 Å². The van der Waals surface area contributed by atoms with E-state index in [0.717, 1.165) is 13.1 Å². The second-order valence-electron chi connectivity index (χ2n) is 4.18. The van der Waals surface area contributed by atoms with Gasteiger partial charge in [-0.3, -0.25) is 4.90 Å². The Morgan fingerprint density at radius 3 is 2.38 bits per heavy atom. The van der Waals surface area contributed by atoms with E-state index in [0.29, 0.717) is 32.7 Å². The number of morpholine rings is 1. The van der Waals surface area contributed by atoms with Gasteiger partial charge in [-0.15, -0.1) is 0 Å². The van der Waals surface area contributed by atoms with Crippen molar-refractivity contribution in [3.8, 4) is 0 Å². The molecule has 1 saturated heterocycles. The van der Waals surface area contributed by atoms with Gasteiger partial charge in [0.15, 0.2) is 0 Å². The zero-order valence-corrected chi connectivity index (χ0v) is 9.30. The van der Waals surface area contributed by atoms with E-state index in [1.165, 1.54) is 0 Å². The number of hydrogen-bond donors (Lipinski definition) is 1. The first-order valence-electron chi connectivity index (χ1n) is 5.58. The van der Waals surface area contributed by atoms with Gasteiger partial charge < -0.3 is 10.5 Å². The van der Waals surface area contributed by atoms with Crippen molar-refractivity contribution >= 4 is 0 Å². The van der Waals surface area contributed by atoms with Gasteiger partial charge in [0.05, 0.1) is 13.2 Å². The summed E-state index contributed by atoms with van der Waals surface area (Å²) in [7, 11) is 0. The van der Waals surface area contributed by atoms with Gasteiger partial charge in [-0.25, -0.2) is 0 Å². The lowest BCUT2D eigenvalue weighted by atomic mass is 10.00. The Kier molecular flexibility index (Phi) is 5.51. The summed E-state index contributed by atoms with van der Waals surface area (Å²) in [4.78, 5) is 2.02. The summed E-state index contributed by atoms with van der Waals surface area (Å²) >= 11 is 0. The van der Waals surface area contributed by atoms with Crippen LogP contribution in [0.4, 0.5) is 13.2 Å². The summed E-state index contributed by atoms with van der Waals surface area (Å²) in [6.45, 7) is 3.45. The van der Waals surface area contributed by atoms with Gasteiger partial charge in [0, 0.05) is 26.1 Å². The third-order valence-corrected chi connectivity index (χ3v) is 2.72. The highest BCUT2D eigenvalue weighted by Gasteiger charge is 2.32. The molecule has 1 aliphatic rings. The molecule has 1 rings (SSSR count). The van der Waals surface area contributed by atoms with Gasteiger partial charge in [0.25, 0.3) is 0 Å². The number of nitrogens with zero attached hydrogens (tertiary/aromatic N) is 1. The first-order valence-corrected chi connectivity index (χ1v) is 5.58. The molecule has 3 nitrogen and oxygen atoms in total. The van der Waals surface area contributed by atoms with Crippen LogP contribution in [0.25, 0.3) is 0 Å². The largest absolute Gasteiger partial charge is 0.389 e. The minimum absolute atomic E-state index is 0.311. The maximum Gasteiger partial charge on any atom is 0.389 e. The molecule has 1 aliphatic heterocycles. The van der Waals surface area contributed by atoms with E-state index in [9.17, 15) is 13.2 Å². The maximum atomic E-state index is 12.3. The predicted octanol–water partition coefficient (Wildman–Crippen LogP) is 1.24. The van der Waals surface area contributed by atoms with Crippen LogP contribution in [-0.2, 0) is 4.74 Å². The van der Waals surface area contributed by atoms with Crippen molar-refractivity contribution in [1.29, 1.82) is 0 Å². The van der Waals surface area contributed by atoms with Crippen LogP contribution in [0.3, 0.4) is 0 Å². The average molecular weight is 240 g/mol. The summed E-state index contributed by atoms with van der Waals surface area (Å²) in [5.74, 6) is -0.386. The van der Waals surface area contributed by atoms with E-state index in [1.54, 1.807) is 0 Å². The van der Waals surface area contributed by atoms with E-state index in [4.69, 9.17) is 10.5 Å². The zero-order valence-electron chi connectivity index (χ0n) is 9.30. The smallest absolute Gasteiger partial charge is 0.379 e. The Labute approximate surface area is 93.7 Å². The van der Waals surface area contributed by atoms with E-state index < -0.39 is 12.6 Å². The van der Waals surface area contributed by atoms with Crippen LogP contribution in [0.15, 0.2) is 0 Å². The van der Waals surface area contributed by atoms with Gasteiger partial charge in [-0.05, 0) is 18.9 Å². The van der Waals surface area contributed by atoms with Crippen molar-refractivity contribution < 1.29 is 17.9 Å². The minimum Gasteiger partial charge on any atom is -0.379 e. The minimum atomic E-state index is -4.09. The first-order chi connectivity index (χ1) is 7.51. The van der Waals surface area contributed by atoms with Crippen LogP contribution in [0.1, 0.15) is 12.8 Å². The van der Waals surface area contributed by atoms with Gasteiger partial charge in [0.1, 0.15) is 0 Å². The van der Waals surface area contributed by atoms with Crippen molar-refractivity contribution in [3.63, 3.8) is 0 Å². The second-order valence-corrected chi connectivity index (χ2v) is 4.18. The molecule has 6 heteroatoms. The fraction of sp³-hybridized carbons (Fsp3) is 1.00. The Bertz CT molecular complexity index is 193. The second kappa shape index (κ2) is 6.42. The summed E-state index contributed by atoms with van der Waals surface area (Å²) in [6, 6.07) is 0. The van der Waals surface area contributed by atoms with Crippen molar-refractivity contribution in [1.82, 2.24) is 4.90 Å². The Morgan fingerprint density at radius 2 is 1.88 bits per heavy atom. The monoisotopic (exact) mass is 240 g/mol. The summed E-state index contributed by atoms with van der Waals surface area (Å²) in [5, 5.41) is 0. The quantitative estimate of drug-likeness (QED) is 0.785. The molecule has 0 aromatic heterocycles. The number of nitrogens with two attached hydrogens (primary N) is 1. The normalized spacial score (nSPS) is 21.0. The standard InChI is InChI=1S/C10H19F3N2O/c11-10(12,13)7-9(1-2-14)8-15-3-5-16-6-4-15/h9H,1-8,14H2. The van der Waals surface area contributed by atoms with Gasteiger partial charge in [0.2, 0.25) is 0 Å². The zero-order chi connectivity index (χ0) is 12.0. The van der Waals surface area contributed by atoms with Gasteiger partial charge in [-0.1, -0.05) is 0 Å². The topological polar surface area (TPSA) is 38.5 Å². The molecule has 0 spiro atoms. The molecule has 2 N–H and O–H groups in total. The molecule has 0 aromatic carbocycles. The van der Waals surface area contributed by atoms with Crippen LogP contribution >= 0.6 is 0 Å². The third kappa shape index (κ3) is 5.67. The molecule has 1 heterocycles.